The lowest BCUT2D eigenvalue weighted by molar-refractivity contribution is -0.384. The van der Waals surface area contributed by atoms with E-state index in [0.717, 1.165) is 0 Å². The van der Waals surface area contributed by atoms with E-state index in [9.17, 15) is 10.1 Å². The Labute approximate surface area is 90.3 Å². The molecule has 0 aliphatic heterocycles. The summed E-state index contributed by atoms with van der Waals surface area (Å²) >= 11 is 5.73. The Morgan fingerprint density at radius 3 is 2.87 bits per heavy atom. The van der Waals surface area contributed by atoms with E-state index in [1.165, 1.54) is 18.2 Å². The van der Waals surface area contributed by atoms with Crippen molar-refractivity contribution in [3.8, 4) is 5.75 Å². The van der Waals surface area contributed by atoms with E-state index in [1.54, 1.807) is 0 Å². The van der Waals surface area contributed by atoms with E-state index >= 15 is 0 Å². The summed E-state index contributed by atoms with van der Waals surface area (Å²) in [7, 11) is 0. The lowest BCUT2D eigenvalue weighted by atomic mass is 10.3. The van der Waals surface area contributed by atoms with Crippen LogP contribution in [0.5, 0.6) is 5.75 Å². The maximum atomic E-state index is 10.4. The molecule has 0 bridgehead atoms. The molecule has 6 nitrogen and oxygen atoms in total. The van der Waals surface area contributed by atoms with Gasteiger partial charge in [-0.25, -0.2) is 0 Å². The summed E-state index contributed by atoms with van der Waals surface area (Å²) in [6, 6.07) is 3.81. The molecular formula is C8H8ClN3O3. The van der Waals surface area contributed by atoms with E-state index in [0.29, 0.717) is 0 Å². The minimum absolute atomic E-state index is 0.127. The van der Waals surface area contributed by atoms with E-state index < -0.39 is 4.92 Å². The van der Waals surface area contributed by atoms with Gasteiger partial charge in [-0.1, -0.05) is 11.6 Å². The van der Waals surface area contributed by atoms with Crippen LogP contribution in [0.2, 0.25) is 5.02 Å². The van der Waals surface area contributed by atoms with Crippen LogP contribution in [0.4, 0.5) is 5.69 Å². The fraction of sp³-hybridized carbons (Fsp3) is 0.125. The van der Waals surface area contributed by atoms with Crippen LogP contribution in [0.3, 0.4) is 0 Å². The number of nitrogens with two attached hydrogens (primary N) is 1. The van der Waals surface area contributed by atoms with E-state index in [1.807, 2.05) is 0 Å². The molecule has 0 heterocycles. The van der Waals surface area contributed by atoms with Gasteiger partial charge in [-0.05, 0) is 6.07 Å². The van der Waals surface area contributed by atoms with Crippen molar-refractivity contribution in [2.24, 2.45) is 5.73 Å². The molecule has 0 aromatic heterocycles. The SMILES string of the molecule is N=C(N)COc1cc([N+](=O)[O-])ccc1Cl. The molecule has 1 aromatic carbocycles. The number of nitrogens with one attached hydrogen (secondary N) is 1. The van der Waals surface area contributed by atoms with E-state index in [4.69, 9.17) is 27.5 Å². The molecule has 0 fully saturated rings. The molecule has 0 aliphatic carbocycles. The molecular weight excluding hydrogens is 222 g/mol. The smallest absolute Gasteiger partial charge is 0.273 e. The maximum Gasteiger partial charge on any atom is 0.273 e. The molecule has 0 amide bonds. The second kappa shape index (κ2) is 4.61. The monoisotopic (exact) mass is 229 g/mol. The lowest BCUT2D eigenvalue weighted by Gasteiger charge is -2.06. The quantitative estimate of drug-likeness (QED) is 0.354. The topological polar surface area (TPSA) is 102 Å². The number of nitro benzene ring substituents is 1. The first-order valence-corrected chi connectivity index (χ1v) is 4.28. The van der Waals surface area contributed by atoms with Crippen LogP contribution in [0.1, 0.15) is 0 Å². The van der Waals surface area contributed by atoms with Crippen LogP contribution in [0.25, 0.3) is 0 Å². The van der Waals surface area contributed by atoms with Crippen molar-refractivity contribution in [2.75, 3.05) is 6.61 Å². The van der Waals surface area contributed by atoms with Crippen LogP contribution >= 0.6 is 11.6 Å². The number of hydrogen-bond donors (Lipinski definition) is 2. The van der Waals surface area contributed by atoms with Crippen LogP contribution < -0.4 is 10.5 Å². The largest absolute Gasteiger partial charge is 0.484 e. The molecule has 0 saturated carbocycles. The van der Waals surface area contributed by atoms with Crippen LogP contribution in [-0.2, 0) is 0 Å². The van der Waals surface area contributed by atoms with Gasteiger partial charge in [-0.15, -0.1) is 0 Å². The third-order valence-electron chi connectivity index (χ3n) is 1.51. The summed E-state index contributed by atoms with van der Waals surface area (Å²) in [5.41, 5.74) is 4.94. The van der Waals surface area contributed by atoms with Gasteiger partial charge in [0, 0.05) is 6.07 Å². The highest BCUT2D eigenvalue weighted by Gasteiger charge is 2.10. The van der Waals surface area contributed by atoms with Gasteiger partial charge in [0.1, 0.15) is 18.2 Å². The molecule has 15 heavy (non-hydrogen) atoms. The molecule has 1 rings (SSSR count). The third kappa shape index (κ3) is 3.10. The Kier molecular flexibility index (Phi) is 3.46. The highest BCUT2D eigenvalue weighted by molar-refractivity contribution is 6.32. The first kappa shape index (κ1) is 11.3. The standard InChI is InChI=1S/C8H8ClN3O3/c9-6-2-1-5(12(13)14)3-7(6)15-4-8(10)11/h1-3H,4H2,(H3,10,11). The average Bonchev–Trinajstić information content (AvgIpc) is 2.16. The number of non-ortho nitro benzene ring substituents is 1. The molecule has 80 valence electrons. The number of benzene rings is 1. The number of halogens is 1. The van der Waals surface area contributed by atoms with Gasteiger partial charge in [-0.2, -0.15) is 0 Å². The van der Waals surface area contributed by atoms with E-state index in [2.05, 4.69) is 0 Å². The fourth-order valence-electron chi connectivity index (χ4n) is 0.872. The Morgan fingerprint density at radius 2 is 2.33 bits per heavy atom. The molecule has 0 atom stereocenters. The molecule has 0 saturated heterocycles. The van der Waals surface area contributed by atoms with Crippen molar-refractivity contribution in [1.82, 2.24) is 0 Å². The van der Waals surface area contributed by atoms with Crippen LogP contribution in [0.15, 0.2) is 18.2 Å². The number of hydrogen-bond acceptors (Lipinski definition) is 4. The van der Waals surface area contributed by atoms with Gasteiger partial charge < -0.3 is 10.5 Å². The normalized spacial score (nSPS) is 9.67. The lowest BCUT2D eigenvalue weighted by Crippen LogP contribution is -2.19. The summed E-state index contributed by atoms with van der Waals surface area (Å²) in [6.07, 6.45) is 0. The Bertz CT molecular complexity index is 408. The summed E-state index contributed by atoms with van der Waals surface area (Å²) in [5.74, 6) is -0.0429. The molecule has 3 N–H and O–H groups in total. The molecule has 0 spiro atoms. The zero-order valence-electron chi connectivity index (χ0n) is 7.57. The number of ether oxygens (including phenoxy) is 1. The molecule has 7 heteroatoms. The Balaban J connectivity index is 2.90. The predicted molar refractivity (Wildman–Crippen MR) is 55.5 cm³/mol. The van der Waals surface area contributed by atoms with Crippen molar-refractivity contribution in [2.45, 2.75) is 0 Å². The van der Waals surface area contributed by atoms with Crippen molar-refractivity contribution >= 4 is 23.1 Å². The number of amidine groups is 1. The fourth-order valence-corrected chi connectivity index (χ4v) is 1.04. The highest BCUT2D eigenvalue weighted by Crippen LogP contribution is 2.28. The van der Waals surface area contributed by atoms with Gasteiger partial charge in [0.25, 0.3) is 5.69 Å². The third-order valence-corrected chi connectivity index (χ3v) is 1.82. The summed E-state index contributed by atoms with van der Waals surface area (Å²) < 4.78 is 5.00. The zero-order chi connectivity index (χ0) is 11.4. The Hall–Kier alpha value is -1.82. The molecule has 0 radical (unpaired) electrons. The highest BCUT2D eigenvalue weighted by atomic mass is 35.5. The summed E-state index contributed by atoms with van der Waals surface area (Å²) in [5, 5.41) is 17.6. The maximum absolute atomic E-state index is 10.4. The zero-order valence-corrected chi connectivity index (χ0v) is 8.32. The summed E-state index contributed by atoms with van der Waals surface area (Å²) in [6.45, 7) is -0.152. The van der Waals surface area contributed by atoms with Crippen molar-refractivity contribution in [3.05, 3.63) is 33.3 Å². The van der Waals surface area contributed by atoms with Gasteiger partial charge in [0.15, 0.2) is 0 Å². The molecule has 0 unspecified atom stereocenters. The van der Waals surface area contributed by atoms with Gasteiger partial charge in [0.2, 0.25) is 0 Å². The van der Waals surface area contributed by atoms with E-state index in [-0.39, 0.29) is 28.9 Å². The van der Waals surface area contributed by atoms with Crippen LogP contribution in [-0.4, -0.2) is 17.4 Å². The van der Waals surface area contributed by atoms with Crippen molar-refractivity contribution in [3.63, 3.8) is 0 Å². The van der Waals surface area contributed by atoms with Crippen molar-refractivity contribution in [1.29, 1.82) is 5.41 Å². The minimum atomic E-state index is -0.559. The van der Waals surface area contributed by atoms with Gasteiger partial charge >= 0.3 is 0 Å². The average molecular weight is 230 g/mol. The summed E-state index contributed by atoms with van der Waals surface area (Å²) in [4.78, 5) is 9.88. The molecule has 1 aromatic rings. The number of rotatable bonds is 4. The minimum Gasteiger partial charge on any atom is -0.484 e. The Morgan fingerprint density at radius 1 is 1.67 bits per heavy atom. The van der Waals surface area contributed by atoms with Gasteiger partial charge in [-0.3, -0.25) is 15.5 Å². The second-order valence-corrected chi connectivity index (χ2v) is 3.09. The molecule has 0 aliphatic rings. The first-order chi connectivity index (χ1) is 7.00. The van der Waals surface area contributed by atoms with Crippen molar-refractivity contribution < 1.29 is 9.66 Å². The first-order valence-electron chi connectivity index (χ1n) is 3.90. The van der Waals surface area contributed by atoms with Gasteiger partial charge in [0.05, 0.1) is 16.0 Å². The second-order valence-electron chi connectivity index (χ2n) is 2.69. The predicted octanol–water partition coefficient (Wildman–Crippen LogP) is 1.56. The van der Waals surface area contributed by atoms with Crippen LogP contribution in [0, 0.1) is 15.5 Å². The number of nitrogens with zero attached hydrogens (tertiary/aromatic N) is 1. The number of nitro groups is 1.